The minimum Gasteiger partial charge on any atom is -0.313 e. The van der Waals surface area contributed by atoms with Crippen molar-refractivity contribution in [3.8, 4) is 0 Å². The fourth-order valence-electron chi connectivity index (χ4n) is 2.77. The predicted molar refractivity (Wildman–Crippen MR) is 83.4 cm³/mol. The Bertz CT molecular complexity index is 424. The molecule has 2 aliphatic carbocycles. The molecule has 98 valence electrons. The minimum atomic E-state index is 0.596. The summed E-state index contributed by atoms with van der Waals surface area (Å²) in [5.41, 5.74) is 1.49. The average molecular weight is 326 g/mol. The first-order chi connectivity index (χ1) is 8.72. The van der Waals surface area contributed by atoms with Gasteiger partial charge in [0.1, 0.15) is 0 Å². The lowest BCUT2D eigenvalue weighted by Crippen LogP contribution is -2.43. The molecule has 0 amide bonds. The lowest BCUT2D eigenvalue weighted by molar-refractivity contribution is 0.290. The predicted octanol–water partition coefficient (Wildman–Crippen LogP) is 4.18. The van der Waals surface area contributed by atoms with E-state index in [0.29, 0.717) is 4.75 Å². The summed E-state index contributed by atoms with van der Waals surface area (Å²) in [6.07, 6.45) is 7.66. The van der Waals surface area contributed by atoms with Crippen LogP contribution in [0.3, 0.4) is 0 Å². The van der Waals surface area contributed by atoms with Gasteiger partial charge in [0.2, 0.25) is 0 Å². The zero-order valence-electron chi connectivity index (χ0n) is 10.8. The maximum Gasteiger partial charge on any atom is 0.0282 e. The largest absolute Gasteiger partial charge is 0.313 e. The van der Waals surface area contributed by atoms with Crippen molar-refractivity contribution in [2.24, 2.45) is 0 Å². The highest BCUT2D eigenvalue weighted by Gasteiger charge is 2.42. The Morgan fingerprint density at radius 2 is 2.06 bits per heavy atom. The Labute approximate surface area is 122 Å². The van der Waals surface area contributed by atoms with Crippen LogP contribution < -0.4 is 5.32 Å². The molecule has 0 radical (unpaired) electrons. The van der Waals surface area contributed by atoms with E-state index in [0.717, 1.165) is 12.0 Å². The van der Waals surface area contributed by atoms with Crippen LogP contribution in [0.15, 0.2) is 28.7 Å². The molecule has 1 aromatic carbocycles. The molecule has 1 aromatic rings. The van der Waals surface area contributed by atoms with Crippen molar-refractivity contribution in [3.63, 3.8) is 0 Å². The second-order valence-electron chi connectivity index (χ2n) is 5.65. The third-order valence-corrected chi connectivity index (χ3v) is 6.58. The topological polar surface area (TPSA) is 12.0 Å². The number of nitrogens with one attached hydrogen (secondary N) is 1. The number of thioether (sulfide) groups is 1. The van der Waals surface area contributed by atoms with E-state index in [1.165, 1.54) is 42.3 Å². The van der Waals surface area contributed by atoms with E-state index in [9.17, 15) is 0 Å². The number of hydrogen-bond acceptors (Lipinski definition) is 2. The van der Waals surface area contributed by atoms with Gasteiger partial charge < -0.3 is 5.32 Å². The highest BCUT2D eigenvalue weighted by molar-refractivity contribution is 9.10. The van der Waals surface area contributed by atoms with Crippen LogP contribution in [0, 0.1) is 0 Å². The molecular formula is C15H20BrNS. The highest BCUT2D eigenvalue weighted by Crippen LogP contribution is 2.47. The monoisotopic (exact) mass is 325 g/mol. The third-order valence-electron chi connectivity index (χ3n) is 4.44. The van der Waals surface area contributed by atoms with Gasteiger partial charge in [0.05, 0.1) is 0 Å². The van der Waals surface area contributed by atoms with Crippen molar-refractivity contribution >= 4 is 27.7 Å². The molecule has 2 aliphatic rings. The van der Waals surface area contributed by atoms with Crippen molar-refractivity contribution in [1.29, 1.82) is 0 Å². The molecule has 2 fully saturated rings. The van der Waals surface area contributed by atoms with Crippen molar-refractivity contribution < 1.29 is 0 Å². The van der Waals surface area contributed by atoms with Gasteiger partial charge in [-0.25, -0.2) is 0 Å². The first-order valence-electron chi connectivity index (χ1n) is 6.75. The molecule has 0 aromatic heterocycles. The molecule has 0 atom stereocenters. The fourth-order valence-corrected chi connectivity index (χ4v) is 4.11. The van der Waals surface area contributed by atoms with Gasteiger partial charge in [0.15, 0.2) is 0 Å². The standard InChI is InChI=1S/C15H20BrNS/c1-18-15(6-7-15)10-17-12-8-11(9-12)13-4-2-3-5-14(13)16/h2-5,11-12,17H,6-10H2,1H3. The van der Waals surface area contributed by atoms with Crippen LogP contribution in [0.25, 0.3) is 0 Å². The smallest absolute Gasteiger partial charge is 0.0282 e. The summed E-state index contributed by atoms with van der Waals surface area (Å²) in [6.45, 7) is 1.21. The van der Waals surface area contributed by atoms with Crippen LogP contribution in [-0.2, 0) is 0 Å². The number of benzene rings is 1. The first-order valence-corrected chi connectivity index (χ1v) is 8.77. The summed E-state index contributed by atoms with van der Waals surface area (Å²) in [4.78, 5) is 0. The van der Waals surface area contributed by atoms with E-state index < -0.39 is 0 Å². The van der Waals surface area contributed by atoms with Crippen LogP contribution in [0.5, 0.6) is 0 Å². The lowest BCUT2D eigenvalue weighted by atomic mass is 9.76. The number of halogens is 1. The van der Waals surface area contributed by atoms with Crippen molar-refractivity contribution in [2.45, 2.75) is 42.4 Å². The summed E-state index contributed by atoms with van der Waals surface area (Å²) >= 11 is 5.70. The molecular weight excluding hydrogens is 306 g/mol. The van der Waals surface area contributed by atoms with E-state index in [4.69, 9.17) is 0 Å². The lowest BCUT2D eigenvalue weighted by Gasteiger charge is -2.37. The van der Waals surface area contributed by atoms with Gasteiger partial charge in [0.25, 0.3) is 0 Å². The average Bonchev–Trinajstić information content (AvgIpc) is 3.10. The second-order valence-corrected chi connectivity index (χ2v) is 7.78. The van der Waals surface area contributed by atoms with E-state index in [2.05, 4.69) is 51.8 Å². The quantitative estimate of drug-likeness (QED) is 0.871. The Morgan fingerprint density at radius 3 is 2.67 bits per heavy atom. The van der Waals surface area contributed by atoms with Gasteiger partial charge in [0, 0.05) is 21.8 Å². The Hall–Kier alpha value is 0.01000. The van der Waals surface area contributed by atoms with Crippen LogP contribution in [0.2, 0.25) is 0 Å². The van der Waals surface area contributed by atoms with E-state index >= 15 is 0 Å². The summed E-state index contributed by atoms with van der Waals surface area (Å²) < 4.78 is 1.87. The maximum atomic E-state index is 3.76. The van der Waals surface area contributed by atoms with Gasteiger partial charge in [-0.3, -0.25) is 0 Å². The molecule has 3 rings (SSSR count). The maximum absolute atomic E-state index is 3.76. The van der Waals surface area contributed by atoms with E-state index in [1.54, 1.807) is 0 Å². The molecule has 3 heteroatoms. The Kier molecular flexibility index (Phi) is 3.75. The Balaban J connectivity index is 1.47. The minimum absolute atomic E-state index is 0.596. The van der Waals surface area contributed by atoms with Crippen molar-refractivity contribution in [2.75, 3.05) is 12.8 Å². The normalized spacial score (nSPS) is 28.8. The molecule has 0 bridgehead atoms. The summed E-state index contributed by atoms with van der Waals surface area (Å²) in [6, 6.07) is 9.40. The first kappa shape index (κ1) is 13.0. The molecule has 18 heavy (non-hydrogen) atoms. The molecule has 1 nitrogen and oxygen atoms in total. The van der Waals surface area contributed by atoms with Crippen LogP contribution >= 0.6 is 27.7 Å². The molecule has 0 spiro atoms. The van der Waals surface area contributed by atoms with Crippen LogP contribution in [0.1, 0.15) is 37.2 Å². The Morgan fingerprint density at radius 1 is 1.33 bits per heavy atom. The van der Waals surface area contributed by atoms with E-state index in [-0.39, 0.29) is 0 Å². The fraction of sp³-hybridized carbons (Fsp3) is 0.600. The molecule has 0 saturated heterocycles. The summed E-state index contributed by atoms with van der Waals surface area (Å²) in [5, 5.41) is 3.76. The molecule has 0 unspecified atom stereocenters. The second kappa shape index (κ2) is 5.18. The third kappa shape index (κ3) is 2.63. The molecule has 0 aliphatic heterocycles. The molecule has 2 saturated carbocycles. The van der Waals surface area contributed by atoms with Gasteiger partial charge in [-0.1, -0.05) is 34.1 Å². The van der Waals surface area contributed by atoms with Crippen molar-refractivity contribution in [3.05, 3.63) is 34.3 Å². The van der Waals surface area contributed by atoms with Gasteiger partial charge in [-0.05, 0) is 49.5 Å². The zero-order valence-corrected chi connectivity index (χ0v) is 13.2. The summed E-state index contributed by atoms with van der Waals surface area (Å²) in [5.74, 6) is 0.752. The zero-order chi connectivity index (χ0) is 12.6. The van der Waals surface area contributed by atoms with E-state index in [1.807, 2.05) is 11.8 Å². The van der Waals surface area contributed by atoms with Gasteiger partial charge >= 0.3 is 0 Å². The van der Waals surface area contributed by atoms with Crippen LogP contribution in [0.4, 0.5) is 0 Å². The van der Waals surface area contributed by atoms with Gasteiger partial charge in [-0.2, -0.15) is 11.8 Å². The summed E-state index contributed by atoms with van der Waals surface area (Å²) in [7, 11) is 0. The molecule has 0 heterocycles. The van der Waals surface area contributed by atoms with Crippen molar-refractivity contribution in [1.82, 2.24) is 5.32 Å². The highest BCUT2D eigenvalue weighted by atomic mass is 79.9. The number of hydrogen-bond donors (Lipinski definition) is 1. The van der Waals surface area contributed by atoms with Crippen LogP contribution in [-0.4, -0.2) is 23.6 Å². The number of rotatable bonds is 5. The molecule has 1 N–H and O–H groups in total. The van der Waals surface area contributed by atoms with Gasteiger partial charge in [-0.15, -0.1) is 0 Å². The SMILES string of the molecule is CSC1(CNC2CC(c3ccccc3Br)C2)CC1.